The molecule has 0 spiro atoms. The van der Waals surface area contributed by atoms with Crippen molar-refractivity contribution in [2.45, 2.75) is 19.5 Å². The quantitative estimate of drug-likeness (QED) is 0.365. The van der Waals surface area contributed by atoms with Gasteiger partial charge in [-0.1, -0.05) is 41.4 Å². The molecule has 2 aromatic carbocycles. The second-order valence-electron chi connectivity index (χ2n) is 5.27. The van der Waals surface area contributed by atoms with Gasteiger partial charge in [-0.25, -0.2) is 0 Å². The Bertz CT molecular complexity index is 787. The van der Waals surface area contributed by atoms with E-state index in [4.69, 9.17) is 28.5 Å². The van der Waals surface area contributed by atoms with E-state index in [1.54, 1.807) is 19.2 Å². The molecular weight excluding hydrogens is 470 g/mol. The molecule has 2 aromatic rings. The Hall–Kier alpha value is -1.49. The normalized spacial score (nSPS) is 11.9. The third-order valence-electron chi connectivity index (χ3n) is 3.52. The van der Waals surface area contributed by atoms with E-state index in [1.165, 1.54) is 0 Å². The lowest BCUT2D eigenvalue weighted by Crippen LogP contribution is -2.38. The van der Waals surface area contributed by atoms with Crippen molar-refractivity contribution in [1.82, 2.24) is 10.6 Å². The smallest absolute Gasteiger partial charge is 0.191 e. The lowest BCUT2D eigenvalue weighted by molar-refractivity contribution is 0.685. The van der Waals surface area contributed by atoms with E-state index in [1.807, 2.05) is 37.3 Å². The SMILES string of the molecule is CN=C(NCc1cccc(C#N)c1)NC(C)c1ccc(Cl)cc1Cl.I. The molecule has 4 nitrogen and oxygen atoms in total. The lowest BCUT2D eigenvalue weighted by Gasteiger charge is -2.19. The zero-order chi connectivity index (χ0) is 17.5. The molecule has 0 amide bonds. The van der Waals surface area contributed by atoms with Crippen molar-refractivity contribution in [3.63, 3.8) is 0 Å². The fourth-order valence-electron chi connectivity index (χ4n) is 2.27. The number of aliphatic imine (C=N–C) groups is 1. The summed E-state index contributed by atoms with van der Waals surface area (Å²) in [5.41, 5.74) is 2.59. The molecule has 0 fully saturated rings. The summed E-state index contributed by atoms with van der Waals surface area (Å²) in [4.78, 5) is 4.22. The number of nitrogens with one attached hydrogen (secondary N) is 2. The van der Waals surface area contributed by atoms with Gasteiger partial charge in [-0.3, -0.25) is 4.99 Å². The molecule has 25 heavy (non-hydrogen) atoms. The average Bonchev–Trinajstić information content (AvgIpc) is 2.58. The highest BCUT2D eigenvalue weighted by atomic mass is 127. The fraction of sp³-hybridized carbons (Fsp3) is 0.222. The van der Waals surface area contributed by atoms with Crippen LogP contribution in [-0.2, 0) is 6.54 Å². The first-order valence-corrected chi connectivity index (χ1v) is 8.20. The maximum Gasteiger partial charge on any atom is 0.191 e. The summed E-state index contributed by atoms with van der Waals surface area (Å²) in [6.45, 7) is 2.56. The minimum Gasteiger partial charge on any atom is -0.352 e. The van der Waals surface area contributed by atoms with Crippen LogP contribution in [0.2, 0.25) is 10.0 Å². The van der Waals surface area contributed by atoms with E-state index in [0.29, 0.717) is 28.1 Å². The molecule has 0 bridgehead atoms. The van der Waals surface area contributed by atoms with Crippen LogP contribution in [-0.4, -0.2) is 13.0 Å². The summed E-state index contributed by atoms with van der Waals surface area (Å²) in [6, 6.07) is 15.0. The van der Waals surface area contributed by atoms with Crippen molar-refractivity contribution in [1.29, 1.82) is 5.26 Å². The van der Waals surface area contributed by atoms with E-state index in [0.717, 1.165) is 11.1 Å². The third-order valence-corrected chi connectivity index (χ3v) is 4.08. The van der Waals surface area contributed by atoms with Crippen molar-refractivity contribution >= 4 is 53.1 Å². The molecule has 132 valence electrons. The molecule has 0 saturated heterocycles. The van der Waals surface area contributed by atoms with Crippen LogP contribution < -0.4 is 10.6 Å². The van der Waals surface area contributed by atoms with Crippen LogP contribution in [0.25, 0.3) is 0 Å². The molecule has 7 heteroatoms. The highest BCUT2D eigenvalue weighted by Gasteiger charge is 2.11. The van der Waals surface area contributed by atoms with E-state index >= 15 is 0 Å². The van der Waals surface area contributed by atoms with Gasteiger partial charge in [-0.2, -0.15) is 5.26 Å². The number of nitrogens with zero attached hydrogens (tertiary/aromatic N) is 2. The van der Waals surface area contributed by atoms with Crippen molar-refractivity contribution in [3.8, 4) is 6.07 Å². The summed E-state index contributed by atoms with van der Waals surface area (Å²) in [7, 11) is 1.71. The van der Waals surface area contributed by atoms with Gasteiger partial charge in [0.25, 0.3) is 0 Å². The summed E-state index contributed by atoms with van der Waals surface area (Å²) in [5, 5.41) is 16.7. The third kappa shape index (κ3) is 6.38. The number of guanidine groups is 1. The maximum absolute atomic E-state index is 8.95. The van der Waals surface area contributed by atoms with Crippen molar-refractivity contribution in [3.05, 3.63) is 69.2 Å². The van der Waals surface area contributed by atoms with E-state index < -0.39 is 0 Å². The van der Waals surface area contributed by atoms with Gasteiger partial charge < -0.3 is 10.6 Å². The van der Waals surface area contributed by atoms with E-state index in [-0.39, 0.29) is 30.0 Å². The fourth-order valence-corrected chi connectivity index (χ4v) is 2.84. The molecule has 0 aromatic heterocycles. The molecule has 2 rings (SSSR count). The molecule has 0 radical (unpaired) electrons. The Morgan fingerprint density at radius 1 is 1.24 bits per heavy atom. The van der Waals surface area contributed by atoms with Gasteiger partial charge in [-0.05, 0) is 42.3 Å². The summed E-state index contributed by atoms with van der Waals surface area (Å²) < 4.78 is 0. The first-order chi connectivity index (χ1) is 11.5. The summed E-state index contributed by atoms with van der Waals surface area (Å²) >= 11 is 12.2. The van der Waals surface area contributed by atoms with Crippen LogP contribution in [0.3, 0.4) is 0 Å². The van der Waals surface area contributed by atoms with Crippen molar-refractivity contribution < 1.29 is 0 Å². The average molecular weight is 489 g/mol. The summed E-state index contributed by atoms with van der Waals surface area (Å²) in [6.07, 6.45) is 0. The molecule has 0 saturated carbocycles. The number of nitriles is 1. The number of benzene rings is 2. The zero-order valence-electron chi connectivity index (χ0n) is 13.9. The Labute approximate surface area is 175 Å². The van der Waals surface area contributed by atoms with Gasteiger partial charge >= 0.3 is 0 Å². The van der Waals surface area contributed by atoms with Crippen LogP contribution in [0.4, 0.5) is 0 Å². The molecule has 1 atom stereocenters. The minimum atomic E-state index is -0.0357. The largest absolute Gasteiger partial charge is 0.352 e. The standard InChI is InChI=1S/C18H18Cl2N4.HI/c1-12(16-7-6-15(19)9-17(16)20)24-18(22-2)23-11-14-5-3-4-13(8-14)10-21;/h3-9,12H,11H2,1-2H3,(H2,22,23,24);1H. The number of hydrogen-bond acceptors (Lipinski definition) is 2. The molecule has 0 aliphatic carbocycles. The molecule has 2 N–H and O–H groups in total. The number of halogens is 3. The highest BCUT2D eigenvalue weighted by molar-refractivity contribution is 14.0. The van der Waals surface area contributed by atoms with Gasteiger partial charge in [0.1, 0.15) is 0 Å². The first-order valence-electron chi connectivity index (χ1n) is 7.44. The summed E-state index contributed by atoms with van der Waals surface area (Å²) in [5.74, 6) is 0.649. The number of rotatable bonds is 4. The lowest BCUT2D eigenvalue weighted by atomic mass is 10.1. The van der Waals surface area contributed by atoms with Gasteiger partial charge in [0.2, 0.25) is 0 Å². The van der Waals surface area contributed by atoms with Crippen LogP contribution >= 0.6 is 47.2 Å². The van der Waals surface area contributed by atoms with Crippen LogP contribution in [0.5, 0.6) is 0 Å². The monoisotopic (exact) mass is 488 g/mol. The molecule has 0 aliphatic heterocycles. The van der Waals surface area contributed by atoms with Crippen molar-refractivity contribution in [2.75, 3.05) is 7.05 Å². The predicted octanol–water partition coefficient (Wildman–Crippen LogP) is 4.91. The molecular formula is C18H19Cl2IN4. The van der Waals surface area contributed by atoms with Crippen LogP contribution in [0.15, 0.2) is 47.5 Å². The van der Waals surface area contributed by atoms with Gasteiger partial charge in [0, 0.05) is 23.6 Å². The van der Waals surface area contributed by atoms with E-state index in [9.17, 15) is 0 Å². The topological polar surface area (TPSA) is 60.2 Å². The molecule has 0 heterocycles. The van der Waals surface area contributed by atoms with Gasteiger partial charge in [-0.15, -0.1) is 24.0 Å². The molecule has 0 aliphatic rings. The Morgan fingerprint density at radius 3 is 2.64 bits per heavy atom. The van der Waals surface area contributed by atoms with Crippen LogP contribution in [0, 0.1) is 11.3 Å². The zero-order valence-corrected chi connectivity index (χ0v) is 17.7. The van der Waals surface area contributed by atoms with Gasteiger partial charge in [0.05, 0.1) is 17.7 Å². The number of hydrogen-bond donors (Lipinski definition) is 2. The van der Waals surface area contributed by atoms with Gasteiger partial charge in [0.15, 0.2) is 5.96 Å². The Kier molecular flexibility index (Phi) is 9.04. The van der Waals surface area contributed by atoms with E-state index in [2.05, 4.69) is 21.7 Å². The predicted molar refractivity (Wildman–Crippen MR) is 115 cm³/mol. The second kappa shape index (κ2) is 10.5. The van der Waals surface area contributed by atoms with Crippen LogP contribution in [0.1, 0.15) is 29.7 Å². The van der Waals surface area contributed by atoms with Crippen molar-refractivity contribution in [2.24, 2.45) is 4.99 Å². The first kappa shape index (κ1) is 21.6. The molecule has 1 unspecified atom stereocenters. The minimum absolute atomic E-state index is 0. The highest BCUT2D eigenvalue weighted by Crippen LogP contribution is 2.25. The second-order valence-corrected chi connectivity index (χ2v) is 6.11. The Morgan fingerprint density at radius 2 is 2.00 bits per heavy atom. The Balaban J connectivity index is 0.00000312. The maximum atomic E-state index is 8.95.